The van der Waals surface area contributed by atoms with Crippen molar-refractivity contribution in [1.29, 1.82) is 0 Å². The van der Waals surface area contributed by atoms with E-state index in [1.165, 1.54) is 44.9 Å². The Bertz CT molecular complexity index is 285. The summed E-state index contributed by atoms with van der Waals surface area (Å²) in [5.41, 5.74) is 0.477. The third kappa shape index (κ3) is 1.87. The number of carbonyl (C=O) groups excluding carboxylic acids is 1. The Morgan fingerprint density at radius 1 is 1.19 bits per heavy atom. The van der Waals surface area contributed by atoms with Crippen molar-refractivity contribution in [2.75, 3.05) is 6.54 Å². The summed E-state index contributed by atoms with van der Waals surface area (Å²) in [5.74, 6) is 3.13. The van der Waals surface area contributed by atoms with Crippen molar-refractivity contribution < 1.29 is 4.79 Å². The molecule has 4 aliphatic rings. The van der Waals surface area contributed by atoms with Gasteiger partial charge in [0.25, 0.3) is 0 Å². The molecular weight excluding hydrogens is 198 g/mol. The first kappa shape index (κ1) is 10.6. The van der Waals surface area contributed by atoms with Crippen LogP contribution in [0.25, 0.3) is 0 Å². The fraction of sp³-hybridized carbons (Fsp3) is 0.929. The van der Waals surface area contributed by atoms with Gasteiger partial charge in [-0.25, -0.2) is 0 Å². The molecule has 0 aromatic carbocycles. The summed E-state index contributed by atoms with van der Waals surface area (Å²) in [5, 5.41) is 3.09. The molecule has 0 radical (unpaired) electrons. The molecule has 4 bridgehead atoms. The van der Waals surface area contributed by atoms with Gasteiger partial charge in [0.15, 0.2) is 0 Å². The van der Waals surface area contributed by atoms with Crippen LogP contribution in [0.15, 0.2) is 0 Å². The van der Waals surface area contributed by atoms with Crippen LogP contribution < -0.4 is 5.32 Å². The third-order valence-corrected chi connectivity index (χ3v) is 5.24. The predicted molar refractivity (Wildman–Crippen MR) is 63.9 cm³/mol. The molecule has 0 heterocycles. The molecule has 0 aromatic rings. The predicted octanol–water partition coefficient (Wildman–Crippen LogP) is 2.73. The minimum absolute atomic E-state index is 0.146. The van der Waals surface area contributed by atoms with Gasteiger partial charge in [-0.2, -0.15) is 0 Å². The minimum atomic E-state index is 0.146. The zero-order valence-electron chi connectivity index (χ0n) is 10.3. The molecular formula is C14H23NO. The van der Waals surface area contributed by atoms with Gasteiger partial charge in [0, 0.05) is 13.5 Å². The number of amides is 1. The molecule has 1 amide bonds. The summed E-state index contributed by atoms with van der Waals surface area (Å²) < 4.78 is 0. The SMILES string of the molecule is CC(=O)NCC12CCC3C[C@H](C[C@H](C3)C1)C2. The van der Waals surface area contributed by atoms with Crippen molar-refractivity contribution >= 4 is 5.91 Å². The summed E-state index contributed by atoms with van der Waals surface area (Å²) in [6, 6.07) is 0. The maximum absolute atomic E-state index is 11.1. The number of rotatable bonds is 2. The lowest BCUT2D eigenvalue weighted by molar-refractivity contribution is -0.119. The van der Waals surface area contributed by atoms with Gasteiger partial charge in [-0.15, -0.1) is 0 Å². The lowest BCUT2D eigenvalue weighted by atomic mass is 9.61. The standard InChI is InChI=1S/C14H23NO/c1-10(16)15-9-14-3-2-11-4-12(7-14)6-13(5-11)8-14/h11-13H,2-9H2,1H3,(H,15,16)/t11?,12-,13+,14?. The maximum Gasteiger partial charge on any atom is 0.216 e. The van der Waals surface area contributed by atoms with Crippen molar-refractivity contribution in [1.82, 2.24) is 5.32 Å². The number of nitrogens with one attached hydrogen (secondary N) is 1. The van der Waals surface area contributed by atoms with Gasteiger partial charge in [-0.3, -0.25) is 4.79 Å². The highest BCUT2D eigenvalue weighted by Gasteiger charge is 2.47. The van der Waals surface area contributed by atoms with E-state index in [1.54, 1.807) is 6.92 Å². The van der Waals surface area contributed by atoms with Crippen LogP contribution in [-0.2, 0) is 4.79 Å². The molecule has 0 aliphatic heterocycles. The fourth-order valence-corrected chi connectivity index (χ4v) is 4.84. The molecule has 4 rings (SSSR count). The zero-order valence-corrected chi connectivity index (χ0v) is 10.3. The van der Waals surface area contributed by atoms with Crippen molar-refractivity contribution in [2.45, 2.75) is 51.9 Å². The minimum Gasteiger partial charge on any atom is -0.356 e. The summed E-state index contributed by atoms with van der Waals surface area (Å²) >= 11 is 0. The van der Waals surface area contributed by atoms with Gasteiger partial charge >= 0.3 is 0 Å². The maximum atomic E-state index is 11.1. The summed E-state index contributed by atoms with van der Waals surface area (Å²) in [6.45, 7) is 2.59. The van der Waals surface area contributed by atoms with Gasteiger partial charge in [0.05, 0.1) is 0 Å². The van der Waals surface area contributed by atoms with E-state index in [0.717, 1.165) is 24.3 Å². The molecule has 90 valence electrons. The third-order valence-electron chi connectivity index (χ3n) is 5.24. The second-order valence-corrected chi connectivity index (χ2v) is 6.66. The second kappa shape index (κ2) is 3.75. The Morgan fingerprint density at radius 2 is 1.81 bits per heavy atom. The van der Waals surface area contributed by atoms with Gasteiger partial charge < -0.3 is 5.32 Å². The number of hydrogen-bond acceptors (Lipinski definition) is 1. The topological polar surface area (TPSA) is 29.1 Å². The molecule has 0 aromatic heterocycles. The lowest BCUT2D eigenvalue weighted by Gasteiger charge is -2.45. The molecule has 2 nitrogen and oxygen atoms in total. The molecule has 2 unspecified atom stereocenters. The van der Waals surface area contributed by atoms with Crippen LogP contribution in [0.2, 0.25) is 0 Å². The number of fused-ring (bicyclic) bond motifs is 1. The normalized spacial score (nSPS) is 45.4. The average molecular weight is 221 g/mol. The van der Waals surface area contributed by atoms with Gasteiger partial charge in [-0.05, 0) is 68.1 Å². The largest absolute Gasteiger partial charge is 0.356 e. The number of hydrogen-bond donors (Lipinski definition) is 1. The smallest absolute Gasteiger partial charge is 0.216 e. The Kier molecular flexibility index (Phi) is 2.49. The summed E-state index contributed by atoms with van der Waals surface area (Å²) in [6.07, 6.45) is 10.0. The van der Waals surface area contributed by atoms with Gasteiger partial charge in [0.1, 0.15) is 0 Å². The fourth-order valence-electron chi connectivity index (χ4n) is 4.84. The van der Waals surface area contributed by atoms with Crippen molar-refractivity contribution in [2.24, 2.45) is 23.2 Å². The molecule has 0 saturated heterocycles. The van der Waals surface area contributed by atoms with Crippen LogP contribution in [-0.4, -0.2) is 12.5 Å². The first-order valence-electron chi connectivity index (χ1n) is 6.90. The van der Waals surface area contributed by atoms with E-state index in [0.29, 0.717) is 5.41 Å². The van der Waals surface area contributed by atoms with E-state index in [4.69, 9.17) is 0 Å². The molecule has 2 heteroatoms. The van der Waals surface area contributed by atoms with E-state index in [9.17, 15) is 4.79 Å². The van der Waals surface area contributed by atoms with Crippen LogP contribution in [0.4, 0.5) is 0 Å². The molecule has 4 fully saturated rings. The first-order valence-corrected chi connectivity index (χ1v) is 6.90. The Balaban J connectivity index is 1.76. The average Bonchev–Trinajstić information content (AvgIpc) is 2.41. The van der Waals surface area contributed by atoms with E-state index < -0.39 is 0 Å². The first-order chi connectivity index (χ1) is 7.65. The molecule has 0 spiro atoms. The molecule has 4 aliphatic carbocycles. The van der Waals surface area contributed by atoms with Crippen LogP contribution in [0.1, 0.15) is 51.9 Å². The Morgan fingerprint density at radius 3 is 2.44 bits per heavy atom. The monoisotopic (exact) mass is 221 g/mol. The van der Waals surface area contributed by atoms with Crippen molar-refractivity contribution in [3.63, 3.8) is 0 Å². The Hall–Kier alpha value is -0.530. The van der Waals surface area contributed by atoms with Crippen molar-refractivity contribution in [3.05, 3.63) is 0 Å². The molecule has 4 atom stereocenters. The van der Waals surface area contributed by atoms with Crippen molar-refractivity contribution in [3.8, 4) is 0 Å². The van der Waals surface area contributed by atoms with Crippen LogP contribution in [0, 0.1) is 23.2 Å². The summed E-state index contributed by atoms with van der Waals surface area (Å²) in [4.78, 5) is 11.1. The van der Waals surface area contributed by atoms with Crippen LogP contribution in [0.5, 0.6) is 0 Å². The Labute approximate surface area is 98.2 Å². The second-order valence-electron chi connectivity index (χ2n) is 6.66. The highest BCUT2D eigenvalue weighted by Crippen LogP contribution is 2.56. The van der Waals surface area contributed by atoms with Crippen LogP contribution in [0.3, 0.4) is 0 Å². The van der Waals surface area contributed by atoms with Gasteiger partial charge in [-0.1, -0.05) is 0 Å². The zero-order chi connectivity index (χ0) is 11.2. The molecule has 1 N–H and O–H groups in total. The van der Waals surface area contributed by atoms with Gasteiger partial charge in [0.2, 0.25) is 5.91 Å². The van der Waals surface area contributed by atoms with E-state index in [1.807, 2.05) is 0 Å². The lowest BCUT2D eigenvalue weighted by Crippen LogP contribution is -2.42. The van der Waals surface area contributed by atoms with E-state index in [2.05, 4.69) is 5.32 Å². The quantitative estimate of drug-likeness (QED) is 0.763. The molecule has 16 heavy (non-hydrogen) atoms. The van der Waals surface area contributed by atoms with E-state index in [-0.39, 0.29) is 5.91 Å². The molecule has 4 saturated carbocycles. The number of carbonyl (C=O) groups is 1. The summed E-state index contributed by atoms with van der Waals surface area (Å²) in [7, 11) is 0. The highest BCUT2D eigenvalue weighted by molar-refractivity contribution is 5.72. The van der Waals surface area contributed by atoms with Crippen LogP contribution >= 0.6 is 0 Å². The van der Waals surface area contributed by atoms with E-state index >= 15 is 0 Å². The highest BCUT2D eigenvalue weighted by atomic mass is 16.1.